The number of esters is 2. The van der Waals surface area contributed by atoms with E-state index in [0.29, 0.717) is 59.7 Å². The topological polar surface area (TPSA) is 167 Å². The molecule has 1 saturated heterocycles. The molecule has 13 nitrogen and oxygen atoms in total. The summed E-state index contributed by atoms with van der Waals surface area (Å²) in [6.07, 6.45) is -0.512. The van der Waals surface area contributed by atoms with E-state index in [1.54, 1.807) is 4.68 Å². The highest BCUT2D eigenvalue weighted by molar-refractivity contribution is 6.07. The minimum Gasteiger partial charge on any atom is -0.469 e. The van der Waals surface area contributed by atoms with Gasteiger partial charge in [-0.1, -0.05) is 48.5 Å². The van der Waals surface area contributed by atoms with E-state index < -0.39 is 23.5 Å². The van der Waals surface area contributed by atoms with Crippen LogP contribution in [0.1, 0.15) is 131 Å². The fourth-order valence-electron chi connectivity index (χ4n) is 12.2. The van der Waals surface area contributed by atoms with Crippen LogP contribution in [0.3, 0.4) is 0 Å². The van der Waals surface area contributed by atoms with Gasteiger partial charge in [-0.25, -0.2) is 4.68 Å². The molecular formula is C53H52F6N6O7. The lowest BCUT2D eigenvalue weighted by molar-refractivity contribution is -0.176. The molecule has 6 aliphatic carbocycles. The first-order valence-corrected chi connectivity index (χ1v) is 23.9. The number of H-pyrrole nitrogens is 1. The number of carbonyl (C=O) groups excluding carboxylic acids is 4. The monoisotopic (exact) mass is 998 g/mol. The Kier molecular flexibility index (Phi) is 12.3. The minimum atomic E-state index is -4.40. The quantitative estimate of drug-likeness (QED) is 0.0754. The molecule has 19 heteroatoms. The SMILES string of the molecule is COC(=O)CC12CC(NC(=O)c3n[nH]c4cccc(Cc5ccc(C(F)(F)F)cc5)c34)(C1)C2.COC(=O)CC12CC(NC(=O)c3nn(C4CCCCO4)c4cccc(Cc5ccc(C(F)(F)F)cc5)c34)(C1)C2. The van der Waals surface area contributed by atoms with Crippen LogP contribution < -0.4 is 10.6 Å². The van der Waals surface area contributed by atoms with Gasteiger partial charge >= 0.3 is 24.3 Å². The molecule has 7 aliphatic rings. The number of nitrogens with zero attached hydrogens (tertiary/aromatic N) is 3. The number of aromatic amines is 1. The molecule has 72 heavy (non-hydrogen) atoms. The van der Waals surface area contributed by atoms with Crippen molar-refractivity contribution in [3.63, 3.8) is 0 Å². The van der Waals surface area contributed by atoms with Crippen LogP contribution in [-0.2, 0) is 49.0 Å². The van der Waals surface area contributed by atoms with E-state index in [1.165, 1.54) is 38.5 Å². The highest BCUT2D eigenvalue weighted by Gasteiger charge is 2.70. The predicted molar refractivity (Wildman–Crippen MR) is 249 cm³/mol. The zero-order valence-electron chi connectivity index (χ0n) is 39.5. The lowest BCUT2D eigenvalue weighted by atomic mass is 9.38. The molecule has 4 bridgehead atoms. The van der Waals surface area contributed by atoms with Gasteiger partial charge in [0.2, 0.25) is 0 Å². The average molecular weight is 999 g/mol. The summed E-state index contributed by atoms with van der Waals surface area (Å²) < 4.78 is 95.1. The van der Waals surface area contributed by atoms with Crippen molar-refractivity contribution < 1.29 is 59.7 Å². The summed E-state index contributed by atoms with van der Waals surface area (Å²) in [5.41, 5.74) is 2.79. The molecule has 3 N–H and O–H groups in total. The highest BCUT2D eigenvalue weighted by atomic mass is 19.4. The van der Waals surface area contributed by atoms with Gasteiger partial charge in [0.15, 0.2) is 17.6 Å². The van der Waals surface area contributed by atoms with Crippen LogP contribution in [0.25, 0.3) is 21.8 Å². The van der Waals surface area contributed by atoms with E-state index in [-0.39, 0.29) is 63.3 Å². The number of carbonyl (C=O) groups is 4. The number of fused-ring (bicyclic) bond motifs is 2. The van der Waals surface area contributed by atoms with Gasteiger partial charge < -0.3 is 24.8 Å². The molecule has 2 amide bonds. The molecule has 1 unspecified atom stereocenters. The molecule has 378 valence electrons. The maximum Gasteiger partial charge on any atom is 0.416 e. The Morgan fingerprint density at radius 2 is 1.15 bits per heavy atom. The lowest BCUT2D eigenvalue weighted by Crippen LogP contribution is -2.75. The van der Waals surface area contributed by atoms with Crippen molar-refractivity contribution in [1.82, 2.24) is 30.6 Å². The predicted octanol–water partition coefficient (Wildman–Crippen LogP) is 9.95. The maximum atomic E-state index is 13.7. The standard InChI is InChI=1S/C29H30F3N3O4.C24H22F3N3O3/c1-38-23(36)14-27-15-28(16-27,17-27)33-26(37)25-24-19(13-18-8-10-20(11-9-18)29(30,31)32)5-4-6-21(24)35(34-25)22-7-2-3-12-39-22;1-33-18(31)10-22-11-23(12-22,13-22)28-21(32)20-19-15(3-2-4-17(19)29-30-20)9-14-5-7-16(8-6-14)24(25,26)27/h4-6,8-11,22H,2-3,7,12-17H2,1H3,(H,33,37);2-8H,9-13H2,1H3,(H,28,32)(H,29,30). The Labute approximate surface area is 409 Å². The molecule has 6 aromatic rings. The Hall–Kier alpha value is -6.76. The smallest absolute Gasteiger partial charge is 0.416 e. The minimum absolute atomic E-state index is 0.0677. The fourth-order valence-corrected chi connectivity index (χ4v) is 12.2. The number of halogens is 6. The average Bonchev–Trinajstić information content (AvgIpc) is 3.93. The van der Waals surface area contributed by atoms with E-state index >= 15 is 0 Å². The first kappa shape index (κ1) is 48.8. The number of amides is 2. The van der Waals surface area contributed by atoms with E-state index in [0.717, 1.165) is 98.7 Å². The van der Waals surface area contributed by atoms with Crippen molar-refractivity contribution in [3.8, 4) is 0 Å². The third-order valence-electron chi connectivity index (χ3n) is 15.2. The van der Waals surface area contributed by atoms with Crippen molar-refractivity contribution in [2.24, 2.45) is 10.8 Å². The van der Waals surface area contributed by atoms with Gasteiger partial charge in [0.1, 0.15) is 0 Å². The summed E-state index contributed by atoms with van der Waals surface area (Å²) in [6.45, 7) is 0.615. The number of hydrogen-bond acceptors (Lipinski definition) is 9. The van der Waals surface area contributed by atoms with E-state index in [9.17, 15) is 45.5 Å². The summed E-state index contributed by atoms with van der Waals surface area (Å²) in [4.78, 5) is 50.1. The summed E-state index contributed by atoms with van der Waals surface area (Å²) in [5, 5.41) is 19.5. The molecule has 0 spiro atoms. The number of methoxy groups -OCH3 is 2. The summed E-state index contributed by atoms with van der Waals surface area (Å²) in [6, 6.07) is 21.3. The van der Waals surface area contributed by atoms with Gasteiger partial charge in [-0.3, -0.25) is 24.3 Å². The number of nitrogens with one attached hydrogen (secondary N) is 3. The second kappa shape index (κ2) is 18.1. The van der Waals surface area contributed by atoms with Crippen LogP contribution in [-0.4, -0.2) is 75.6 Å². The van der Waals surface area contributed by atoms with E-state index in [4.69, 9.17) is 19.3 Å². The molecule has 1 aliphatic heterocycles. The molecule has 7 fully saturated rings. The molecule has 4 aromatic carbocycles. The number of ether oxygens (including phenoxy) is 3. The van der Waals surface area contributed by atoms with Crippen molar-refractivity contribution in [1.29, 1.82) is 0 Å². The molecule has 3 heterocycles. The van der Waals surface area contributed by atoms with Crippen LogP contribution in [0.15, 0.2) is 84.9 Å². The van der Waals surface area contributed by atoms with Gasteiger partial charge in [0.25, 0.3) is 11.8 Å². The molecule has 1 atom stereocenters. The van der Waals surface area contributed by atoms with Gasteiger partial charge in [-0.05, 0) is 140 Å². The highest BCUT2D eigenvalue weighted by Crippen LogP contribution is 2.70. The van der Waals surface area contributed by atoms with E-state index in [2.05, 4.69) is 20.8 Å². The summed E-state index contributed by atoms with van der Waals surface area (Å²) in [7, 11) is 2.75. The zero-order valence-corrected chi connectivity index (χ0v) is 39.5. The maximum absolute atomic E-state index is 13.7. The molecule has 6 saturated carbocycles. The molecule has 13 rings (SSSR count). The second-order valence-corrected chi connectivity index (χ2v) is 20.6. The molecular weight excluding hydrogens is 947 g/mol. The Morgan fingerprint density at radius 1 is 0.667 bits per heavy atom. The number of benzene rings is 4. The van der Waals surface area contributed by atoms with Crippen LogP contribution in [0.4, 0.5) is 26.3 Å². The van der Waals surface area contributed by atoms with Crippen molar-refractivity contribution in [2.45, 2.75) is 113 Å². The largest absolute Gasteiger partial charge is 0.469 e. The van der Waals surface area contributed by atoms with Crippen LogP contribution in [0.5, 0.6) is 0 Å². The Balaban J connectivity index is 0.000000168. The fraction of sp³-hybridized carbons (Fsp3) is 0.434. The molecule has 0 radical (unpaired) electrons. The first-order chi connectivity index (χ1) is 34.2. The number of alkyl halides is 6. The van der Waals surface area contributed by atoms with Gasteiger partial charge in [0, 0.05) is 28.5 Å². The lowest BCUT2D eigenvalue weighted by Gasteiger charge is -2.70. The van der Waals surface area contributed by atoms with Crippen LogP contribution >= 0.6 is 0 Å². The third-order valence-corrected chi connectivity index (χ3v) is 15.2. The zero-order chi connectivity index (χ0) is 50.8. The van der Waals surface area contributed by atoms with Crippen molar-refractivity contribution in [2.75, 3.05) is 20.8 Å². The molecule has 2 aromatic heterocycles. The van der Waals surface area contributed by atoms with Crippen molar-refractivity contribution >= 4 is 45.6 Å². The van der Waals surface area contributed by atoms with Crippen LogP contribution in [0, 0.1) is 10.8 Å². The first-order valence-electron chi connectivity index (χ1n) is 23.9. The second-order valence-electron chi connectivity index (χ2n) is 20.6. The Bertz CT molecular complexity index is 3040. The van der Waals surface area contributed by atoms with Gasteiger partial charge in [0.05, 0.1) is 49.2 Å². The Morgan fingerprint density at radius 3 is 1.62 bits per heavy atom. The summed E-state index contributed by atoms with van der Waals surface area (Å²) in [5.74, 6) is -1.06. The summed E-state index contributed by atoms with van der Waals surface area (Å²) >= 11 is 0. The third kappa shape index (κ3) is 9.31. The van der Waals surface area contributed by atoms with Gasteiger partial charge in [-0.15, -0.1) is 0 Å². The normalized spacial score (nSPS) is 24.9. The van der Waals surface area contributed by atoms with E-state index in [1.807, 2.05) is 36.4 Å². The number of hydrogen-bond donors (Lipinski definition) is 3. The number of rotatable bonds is 13. The van der Waals surface area contributed by atoms with Crippen LogP contribution in [0.2, 0.25) is 0 Å². The van der Waals surface area contributed by atoms with Crippen molar-refractivity contribution in [3.05, 3.63) is 130 Å². The number of aromatic nitrogens is 4. The van der Waals surface area contributed by atoms with Gasteiger partial charge in [-0.2, -0.15) is 36.5 Å².